The maximum atomic E-state index is 15.5. The van der Waals surface area contributed by atoms with Crippen molar-refractivity contribution in [2.45, 2.75) is 51.3 Å². The Morgan fingerprint density at radius 3 is 2.60 bits per heavy atom. The van der Waals surface area contributed by atoms with Crippen molar-refractivity contribution in [1.82, 2.24) is 10.6 Å². The molecular formula is C22H23ClFN3O3. The highest BCUT2D eigenvalue weighted by Crippen LogP contribution is 2.43. The Labute approximate surface area is 179 Å². The number of allylic oxidation sites excluding steroid dienone is 2. The molecule has 0 radical (unpaired) electrons. The Bertz CT molecular complexity index is 971. The fourth-order valence-electron chi connectivity index (χ4n) is 3.22. The molecule has 158 valence electrons. The highest BCUT2D eigenvalue weighted by atomic mass is 35.5. The van der Waals surface area contributed by atoms with E-state index in [1.807, 2.05) is 6.07 Å². The van der Waals surface area contributed by atoms with E-state index in [9.17, 15) is 9.59 Å². The van der Waals surface area contributed by atoms with E-state index in [1.165, 1.54) is 30.5 Å². The first kappa shape index (κ1) is 21.8. The molecule has 1 amide bonds. The molecule has 0 spiro atoms. The van der Waals surface area contributed by atoms with E-state index in [1.54, 1.807) is 20.8 Å². The molecule has 1 saturated carbocycles. The minimum absolute atomic E-state index is 0.0154. The largest absolute Gasteiger partial charge is 0.444 e. The molecule has 8 heteroatoms. The number of hydrogen-bond donors (Lipinski definition) is 2. The second-order valence-electron chi connectivity index (χ2n) is 8.37. The highest BCUT2D eigenvalue weighted by molar-refractivity contribution is 6.34. The summed E-state index contributed by atoms with van der Waals surface area (Å²) in [6.07, 6.45) is 5.40. The van der Waals surface area contributed by atoms with E-state index >= 15 is 4.39 Å². The lowest BCUT2D eigenvalue weighted by Crippen LogP contribution is -2.37. The van der Waals surface area contributed by atoms with Gasteiger partial charge >= 0.3 is 6.09 Å². The van der Waals surface area contributed by atoms with Crippen LogP contribution in [0.2, 0.25) is 5.02 Å². The van der Waals surface area contributed by atoms with Crippen molar-refractivity contribution < 1.29 is 18.7 Å². The molecule has 1 aliphatic heterocycles. The molecule has 30 heavy (non-hydrogen) atoms. The van der Waals surface area contributed by atoms with Crippen LogP contribution in [-0.2, 0) is 4.74 Å². The molecule has 3 rings (SSSR count). The van der Waals surface area contributed by atoms with Crippen LogP contribution in [0.15, 0.2) is 36.1 Å². The van der Waals surface area contributed by atoms with E-state index in [4.69, 9.17) is 21.6 Å². The molecule has 0 bridgehead atoms. The highest BCUT2D eigenvalue weighted by Gasteiger charge is 2.37. The number of hydrogen-bond acceptors (Lipinski definition) is 5. The average molecular weight is 432 g/mol. The van der Waals surface area contributed by atoms with E-state index in [-0.39, 0.29) is 22.1 Å². The van der Waals surface area contributed by atoms with Crippen molar-refractivity contribution >= 4 is 23.5 Å². The summed E-state index contributed by atoms with van der Waals surface area (Å²) in [5, 5.41) is 14.4. The van der Waals surface area contributed by atoms with E-state index in [0.29, 0.717) is 5.57 Å². The molecule has 0 saturated heterocycles. The summed E-state index contributed by atoms with van der Waals surface area (Å²) in [6, 6.07) is 3.44. The van der Waals surface area contributed by atoms with E-state index in [0.717, 1.165) is 12.8 Å². The molecule has 1 aromatic rings. The van der Waals surface area contributed by atoms with Gasteiger partial charge in [0.05, 0.1) is 22.2 Å². The SMILES string of the molecule is CC(C)(C)OC(=O)N[C@@H](c1ccc(Cl)c(C(=O)C2C=CC(C#N)=CN2)c1F)C1CC1. The number of nitriles is 1. The van der Waals surface area contributed by atoms with Gasteiger partial charge in [0, 0.05) is 11.8 Å². The first-order valence-corrected chi connectivity index (χ1v) is 10.0. The topological polar surface area (TPSA) is 91.2 Å². The summed E-state index contributed by atoms with van der Waals surface area (Å²) in [6.45, 7) is 5.24. The third-order valence-electron chi connectivity index (χ3n) is 4.77. The second-order valence-corrected chi connectivity index (χ2v) is 8.77. The predicted molar refractivity (Wildman–Crippen MR) is 110 cm³/mol. The third-order valence-corrected chi connectivity index (χ3v) is 5.08. The molecule has 1 aliphatic carbocycles. The molecule has 1 unspecified atom stereocenters. The van der Waals surface area contributed by atoms with Gasteiger partial charge in [0.15, 0.2) is 5.78 Å². The number of carbonyl (C=O) groups is 2. The monoisotopic (exact) mass is 431 g/mol. The molecule has 6 nitrogen and oxygen atoms in total. The van der Waals surface area contributed by atoms with Crippen molar-refractivity contribution in [3.8, 4) is 6.07 Å². The molecule has 1 heterocycles. The Morgan fingerprint density at radius 1 is 1.37 bits per heavy atom. The second kappa shape index (κ2) is 8.49. The van der Waals surface area contributed by atoms with Crippen LogP contribution in [0.3, 0.4) is 0 Å². The average Bonchev–Trinajstić information content (AvgIpc) is 3.50. The fourth-order valence-corrected chi connectivity index (χ4v) is 3.46. The zero-order chi connectivity index (χ0) is 22.1. The first-order chi connectivity index (χ1) is 14.1. The summed E-state index contributed by atoms with van der Waals surface area (Å²) in [7, 11) is 0. The predicted octanol–water partition coefficient (Wildman–Crippen LogP) is 4.57. The standard InChI is InChI=1S/C22H23ClFN3O3/c1-22(2,3)30-21(29)27-19(13-5-6-13)14-7-8-15(23)17(18(14)24)20(28)16-9-4-12(10-25)11-26-16/h4,7-9,11,13,16,19,26H,5-6H2,1-3H3,(H,27,29)/t16?,19-/m1/s1. The van der Waals surface area contributed by atoms with Gasteiger partial charge in [-0.2, -0.15) is 5.26 Å². The van der Waals surface area contributed by atoms with Gasteiger partial charge in [0.1, 0.15) is 23.5 Å². The maximum Gasteiger partial charge on any atom is 0.408 e. The zero-order valence-electron chi connectivity index (χ0n) is 17.0. The minimum Gasteiger partial charge on any atom is -0.444 e. The number of alkyl carbamates (subject to hydrolysis) is 1. The van der Waals surface area contributed by atoms with Crippen molar-refractivity contribution in [2.75, 3.05) is 0 Å². The van der Waals surface area contributed by atoms with E-state index < -0.39 is 35.4 Å². The lowest BCUT2D eigenvalue weighted by molar-refractivity contribution is 0.0496. The van der Waals surface area contributed by atoms with Gasteiger partial charge in [-0.05, 0) is 51.7 Å². The Balaban J connectivity index is 1.88. The van der Waals surface area contributed by atoms with Crippen LogP contribution in [0.5, 0.6) is 0 Å². The van der Waals surface area contributed by atoms with Crippen LogP contribution in [0, 0.1) is 23.1 Å². The van der Waals surface area contributed by atoms with Crippen LogP contribution >= 0.6 is 11.6 Å². The van der Waals surface area contributed by atoms with Crippen LogP contribution in [-0.4, -0.2) is 23.5 Å². The third kappa shape index (κ3) is 5.00. The van der Waals surface area contributed by atoms with Gasteiger partial charge in [-0.3, -0.25) is 4.79 Å². The van der Waals surface area contributed by atoms with Crippen molar-refractivity contribution in [3.05, 3.63) is 58.0 Å². The van der Waals surface area contributed by atoms with Gasteiger partial charge in [0.2, 0.25) is 0 Å². The number of Topliss-reactive ketones (excluding diaryl/α,β-unsaturated/α-hetero) is 1. The van der Waals surface area contributed by atoms with Crippen LogP contribution in [0.25, 0.3) is 0 Å². The van der Waals surface area contributed by atoms with Gasteiger partial charge in [0.25, 0.3) is 0 Å². The molecule has 0 aromatic heterocycles. The molecule has 1 aromatic carbocycles. The minimum atomic E-state index is -0.845. The number of halogens is 2. The van der Waals surface area contributed by atoms with Gasteiger partial charge < -0.3 is 15.4 Å². The quantitative estimate of drug-likeness (QED) is 0.666. The number of carbonyl (C=O) groups excluding carboxylic acids is 2. The van der Waals surface area contributed by atoms with Gasteiger partial charge in [-0.1, -0.05) is 23.7 Å². The molecule has 2 N–H and O–H groups in total. The lowest BCUT2D eigenvalue weighted by atomic mass is 9.94. The zero-order valence-corrected chi connectivity index (χ0v) is 17.7. The summed E-state index contributed by atoms with van der Waals surface area (Å²) in [5.41, 5.74) is -0.382. The Kier molecular flexibility index (Phi) is 6.18. The summed E-state index contributed by atoms with van der Waals surface area (Å²) in [5.74, 6) is -1.26. The number of benzene rings is 1. The summed E-state index contributed by atoms with van der Waals surface area (Å²) < 4.78 is 20.8. The number of rotatable bonds is 5. The molecule has 1 fully saturated rings. The normalized spacial score (nSPS) is 19.2. The maximum absolute atomic E-state index is 15.5. The number of amides is 1. The molecule has 2 aliphatic rings. The van der Waals surface area contributed by atoms with Crippen molar-refractivity contribution in [3.63, 3.8) is 0 Å². The Hall–Kier alpha value is -2.85. The van der Waals surface area contributed by atoms with Crippen molar-refractivity contribution in [1.29, 1.82) is 5.26 Å². The number of ketones is 1. The summed E-state index contributed by atoms with van der Waals surface area (Å²) >= 11 is 6.17. The van der Waals surface area contributed by atoms with Crippen molar-refractivity contribution in [2.24, 2.45) is 5.92 Å². The van der Waals surface area contributed by atoms with Crippen LogP contribution < -0.4 is 10.6 Å². The van der Waals surface area contributed by atoms with Gasteiger partial charge in [-0.25, -0.2) is 9.18 Å². The molecular weight excluding hydrogens is 409 g/mol. The fraction of sp³-hybridized carbons (Fsp3) is 0.409. The number of nitrogens with zero attached hydrogens (tertiary/aromatic N) is 1. The number of dihydropyridines is 1. The lowest BCUT2D eigenvalue weighted by Gasteiger charge is -2.25. The molecule has 2 atom stereocenters. The smallest absolute Gasteiger partial charge is 0.408 e. The first-order valence-electron chi connectivity index (χ1n) is 9.67. The number of ether oxygens (including phenoxy) is 1. The number of nitrogens with one attached hydrogen (secondary N) is 2. The van der Waals surface area contributed by atoms with Gasteiger partial charge in [-0.15, -0.1) is 0 Å². The van der Waals surface area contributed by atoms with E-state index in [2.05, 4.69) is 10.6 Å². The van der Waals surface area contributed by atoms with Crippen LogP contribution in [0.4, 0.5) is 9.18 Å². The summed E-state index contributed by atoms with van der Waals surface area (Å²) in [4.78, 5) is 25.2. The van der Waals surface area contributed by atoms with Crippen LogP contribution in [0.1, 0.15) is 55.6 Å². The Morgan fingerprint density at radius 2 is 2.07 bits per heavy atom.